The SMILES string of the molecule is CN(C)CCCCNc1ncc(N)cc1C(=O)O. The van der Waals surface area contributed by atoms with Crippen molar-refractivity contribution in [2.45, 2.75) is 12.8 Å². The van der Waals surface area contributed by atoms with Gasteiger partial charge in [0.15, 0.2) is 0 Å². The lowest BCUT2D eigenvalue weighted by Crippen LogP contribution is -2.15. The lowest BCUT2D eigenvalue weighted by atomic mass is 10.2. The first-order chi connectivity index (χ1) is 8.50. The largest absolute Gasteiger partial charge is 0.478 e. The van der Waals surface area contributed by atoms with Crippen LogP contribution in [0, 0.1) is 0 Å². The summed E-state index contributed by atoms with van der Waals surface area (Å²) in [5, 5.41) is 12.1. The molecule has 1 aromatic rings. The van der Waals surface area contributed by atoms with Gasteiger partial charge in [-0.25, -0.2) is 9.78 Å². The van der Waals surface area contributed by atoms with Gasteiger partial charge in [-0.2, -0.15) is 0 Å². The maximum absolute atomic E-state index is 11.0. The van der Waals surface area contributed by atoms with E-state index in [9.17, 15) is 4.79 Å². The number of pyridine rings is 1. The fourth-order valence-corrected chi connectivity index (χ4v) is 1.54. The van der Waals surface area contributed by atoms with Gasteiger partial charge in [-0.1, -0.05) is 0 Å². The van der Waals surface area contributed by atoms with Crippen LogP contribution in [0.15, 0.2) is 12.3 Å². The van der Waals surface area contributed by atoms with Crippen molar-refractivity contribution in [2.24, 2.45) is 0 Å². The van der Waals surface area contributed by atoms with Gasteiger partial charge < -0.3 is 21.1 Å². The number of aromatic carboxylic acids is 1. The summed E-state index contributed by atoms with van der Waals surface area (Å²) in [4.78, 5) is 17.1. The Morgan fingerprint density at radius 3 is 2.83 bits per heavy atom. The number of carbonyl (C=O) groups is 1. The molecular weight excluding hydrogens is 232 g/mol. The summed E-state index contributed by atoms with van der Waals surface area (Å²) in [7, 11) is 4.05. The van der Waals surface area contributed by atoms with Crippen LogP contribution in [0.2, 0.25) is 0 Å². The molecule has 0 amide bonds. The van der Waals surface area contributed by atoms with Crippen LogP contribution in [0.5, 0.6) is 0 Å². The molecule has 4 N–H and O–H groups in total. The molecule has 0 aliphatic heterocycles. The molecule has 0 saturated carbocycles. The van der Waals surface area contributed by atoms with E-state index >= 15 is 0 Å². The van der Waals surface area contributed by atoms with Crippen molar-refractivity contribution in [3.05, 3.63) is 17.8 Å². The van der Waals surface area contributed by atoms with Crippen molar-refractivity contribution < 1.29 is 9.90 Å². The van der Waals surface area contributed by atoms with Crippen LogP contribution in [0.25, 0.3) is 0 Å². The number of nitrogens with two attached hydrogens (primary N) is 1. The van der Waals surface area contributed by atoms with E-state index in [0.717, 1.165) is 19.4 Å². The quantitative estimate of drug-likeness (QED) is 0.630. The summed E-state index contributed by atoms with van der Waals surface area (Å²) < 4.78 is 0. The number of nitrogens with zero attached hydrogens (tertiary/aromatic N) is 2. The highest BCUT2D eigenvalue weighted by atomic mass is 16.4. The zero-order valence-electron chi connectivity index (χ0n) is 10.8. The molecule has 0 spiro atoms. The summed E-state index contributed by atoms with van der Waals surface area (Å²) in [6, 6.07) is 1.41. The molecule has 0 fully saturated rings. The molecule has 0 saturated heterocycles. The van der Waals surface area contributed by atoms with Gasteiger partial charge in [-0.15, -0.1) is 0 Å². The van der Waals surface area contributed by atoms with Gasteiger partial charge in [-0.3, -0.25) is 0 Å². The molecule has 6 heteroatoms. The first-order valence-electron chi connectivity index (χ1n) is 5.88. The number of carboxylic acids is 1. The Morgan fingerprint density at radius 2 is 2.22 bits per heavy atom. The first kappa shape index (κ1) is 14.2. The third-order valence-corrected chi connectivity index (χ3v) is 2.46. The van der Waals surface area contributed by atoms with E-state index in [-0.39, 0.29) is 5.56 Å². The van der Waals surface area contributed by atoms with Gasteiger partial charge in [0, 0.05) is 6.54 Å². The number of nitrogen functional groups attached to an aromatic ring is 1. The van der Waals surface area contributed by atoms with Gasteiger partial charge >= 0.3 is 5.97 Å². The summed E-state index contributed by atoms with van der Waals surface area (Å²) in [5.74, 6) is -0.646. The predicted molar refractivity (Wildman–Crippen MR) is 71.9 cm³/mol. The number of rotatable bonds is 7. The highest BCUT2D eigenvalue weighted by Crippen LogP contribution is 2.15. The Kier molecular flexibility index (Phi) is 5.38. The van der Waals surface area contributed by atoms with Crippen molar-refractivity contribution in [1.29, 1.82) is 0 Å². The average Bonchev–Trinajstić information content (AvgIpc) is 2.29. The third-order valence-electron chi connectivity index (χ3n) is 2.46. The standard InChI is InChI=1S/C12H20N4O2/c1-16(2)6-4-3-5-14-11-10(12(17)18)7-9(13)8-15-11/h7-8H,3-6,13H2,1-2H3,(H,14,15)(H,17,18). The van der Waals surface area contributed by atoms with Crippen LogP contribution in [0.3, 0.4) is 0 Å². The van der Waals surface area contributed by atoms with Gasteiger partial charge in [0.1, 0.15) is 11.4 Å². The summed E-state index contributed by atoms with van der Waals surface area (Å²) in [6.07, 6.45) is 3.47. The van der Waals surface area contributed by atoms with Crippen LogP contribution < -0.4 is 11.1 Å². The normalized spacial score (nSPS) is 10.6. The van der Waals surface area contributed by atoms with Crippen LogP contribution in [-0.2, 0) is 0 Å². The Hall–Kier alpha value is -1.82. The smallest absolute Gasteiger partial charge is 0.339 e. The number of carboxylic acid groups (broad SMARTS) is 1. The second kappa shape index (κ2) is 6.80. The minimum atomic E-state index is -1.02. The zero-order valence-corrected chi connectivity index (χ0v) is 10.8. The lowest BCUT2D eigenvalue weighted by Gasteiger charge is -2.11. The molecule has 18 heavy (non-hydrogen) atoms. The number of anilines is 2. The molecule has 0 bridgehead atoms. The predicted octanol–water partition coefficient (Wildman–Crippen LogP) is 1.12. The van der Waals surface area contributed by atoms with E-state index in [1.54, 1.807) is 0 Å². The van der Waals surface area contributed by atoms with Crippen molar-refractivity contribution >= 4 is 17.5 Å². The molecule has 1 rings (SSSR count). The highest BCUT2D eigenvalue weighted by molar-refractivity contribution is 5.94. The number of hydrogen-bond acceptors (Lipinski definition) is 5. The van der Waals surface area contributed by atoms with Crippen LogP contribution in [0.1, 0.15) is 23.2 Å². The van der Waals surface area contributed by atoms with E-state index in [1.807, 2.05) is 14.1 Å². The fourth-order valence-electron chi connectivity index (χ4n) is 1.54. The van der Waals surface area contributed by atoms with Crippen molar-refractivity contribution in [1.82, 2.24) is 9.88 Å². The van der Waals surface area contributed by atoms with Crippen LogP contribution >= 0.6 is 0 Å². The Morgan fingerprint density at radius 1 is 1.50 bits per heavy atom. The average molecular weight is 252 g/mol. The molecule has 0 unspecified atom stereocenters. The van der Waals surface area contributed by atoms with Crippen LogP contribution in [-0.4, -0.2) is 48.1 Å². The molecule has 0 radical (unpaired) electrons. The van der Waals surface area contributed by atoms with Gasteiger partial charge in [-0.05, 0) is 39.5 Å². The third kappa shape index (κ3) is 4.58. The Balaban J connectivity index is 2.49. The second-order valence-electron chi connectivity index (χ2n) is 4.41. The topological polar surface area (TPSA) is 91.5 Å². The van der Waals surface area contributed by atoms with Crippen molar-refractivity contribution in [3.8, 4) is 0 Å². The maximum atomic E-state index is 11.0. The Labute approximate surface area is 107 Å². The summed E-state index contributed by atoms with van der Waals surface area (Å²) in [6.45, 7) is 1.72. The van der Waals surface area contributed by atoms with E-state index in [1.165, 1.54) is 12.3 Å². The number of nitrogens with one attached hydrogen (secondary N) is 1. The summed E-state index contributed by atoms with van der Waals surface area (Å²) >= 11 is 0. The van der Waals surface area contributed by atoms with Gasteiger partial charge in [0.2, 0.25) is 0 Å². The minimum absolute atomic E-state index is 0.114. The number of hydrogen-bond donors (Lipinski definition) is 3. The molecule has 0 aliphatic rings. The second-order valence-corrected chi connectivity index (χ2v) is 4.41. The molecule has 0 aromatic carbocycles. The lowest BCUT2D eigenvalue weighted by molar-refractivity contribution is 0.0697. The molecule has 100 valence electrons. The highest BCUT2D eigenvalue weighted by Gasteiger charge is 2.11. The molecule has 1 aromatic heterocycles. The monoisotopic (exact) mass is 252 g/mol. The number of aromatic nitrogens is 1. The Bertz CT molecular complexity index is 407. The molecule has 6 nitrogen and oxygen atoms in total. The first-order valence-corrected chi connectivity index (χ1v) is 5.88. The molecular formula is C12H20N4O2. The minimum Gasteiger partial charge on any atom is -0.478 e. The van der Waals surface area contributed by atoms with E-state index in [2.05, 4.69) is 15.2 Å². The van der Waals surface area contributed by atoms with E-state index in [4.69, 9.17) is 10.8 Å². The van der Waals surface area contributed by atoms with E-state index < -0.39 is 5.97 Å². The number of unbranched alkanes of at least 4 members (excludes halogenated alkanes) is 1. The molecule has 0 atom stereocenters. The molecule has 1 heterocycles. The molecule has 0 aliphatic carbocycles. The van der Waals surface area contributed by atoms with Gasteiger partial charge in [0.25, 0.3) is 0 Å². The van der Waals surface area contributed by atoms with Gasteiger partial charge in [0.05, 0.1) is 11.9 Å². The fraction of sp³-hybridized carbons (Fsp3) is 0.500. The van der Waals surface area contributed by atoms with Crippen molar-refractivity contribution in [2.75, 3.05) is 38.2 Å². The van der Waals surface area contributed by atoms with Crippen molar-refractivity contribution in [3.63, 3.8) is 0 Å². The maximum Gasteiger partial charge on any atom is 0.339 e. The van der Waals surface area contributed by atoms with E-state index in [0.29, 0.717) is 18.1 Å². The van der Waals surface area contributed by atoms with Crippen LogP contribution in [0.4, 0.5) is 11.5 Å². The summed E-state index contributed by atoms with van der Waals surface area (Å²) in [5.41, 5.74) is 5.98. The zero-order chi connectivity index (χ0) is 13.5.